The average Bonchev–Trinajstić information content (AvgIpc) is 3.24. The Morgan fingerprint density at radius 2 is 1.95 bits per heavy atom. The van der Waals surface area contributed by atoms with Gasteiger partial charge in [0.25, 0.3) is 0 Å². The number of ether oxygens (including phenoxy) is 1. The molecule has 1 aliphatic rings. The molecule has 1 saturated heterocycles. The summed E-state index contributed by atoms with van der Waals surface area (Å²) >= 11 is 1.54. The van der Waals surface area contributed by atoms with E-state index in [9.17, 15) is 9.18 Å². The molecule has 1 amide bonds. The van der Waals surface area contributed by atoms with Crippen molar-refractivity contribution in [2.24, 2.45) is 0 Å². The van der Waals surface area contributed by atoms with Crippen LogP contribution in [0.25, 0.3) is 22.1 Å². The molecule has 39 heavy (non-hydrogen) atoms. The first-order chi connectivity index (χ1) is 19.1. The number of rotatable bonds is 12. The van der Waals surface area contributed by atoms with Crippen molar-refractivity contribution in [2.75, 3.05) is 45.1 Å². The van der Waals surface area contributed by atoms with Crippen LogP contribution in [0.4, 0.5) is 4.39 Å². The van der Waals surface area contributed by atoms with E-state index in [0.717, 1.165) is 79.8 Å². The predicted octanol–water partition coefficient (Wildman–Crippen LogP) is 4.58. The van der Waals surface area contributed by atoms with Crippen molar-refractivity contribution >= 4 is 39.7 Å². The summed E-state index contributed by atoms with van der Waals surface area (Å²) in [4.78, 5) is 19.4. The number of hydrogen-bond donors (Lipinski definition) is 1. The minimum Gasteiger partial charge on any atom is -0.379 e. The van der Waals surface area contributed by atoms with E-state index in [1.165, 1.54) is 17.8 Å². The quantitative estimate of drug-likeness (QED) is 0.204. The molecule has 0 bridgehead atoms. The molecule has 0 radical (unpaired) electrons. The Kier molecular flexibility index (Phi) is 9.39. The van der Waals surface area contributed by atoms with Crippen molar-refractivity contribution < 1.29 is 13.9 Å². The fraction of sp³-hybridized carbons (Fsp3) is 0.448. The van der Waals surface area contributed by atoms with Crippen molar-refractivity contribution in [3.63, 3.8) is 0 Å². The molecule has 0 atom stereocenters. The van der Waals surface area contributed by atoms with Crippen molar-refractivity contribution in [3.05, 3.63) is 59.4 Å². The molecule has 206 valence electrons. The van der Waals surface area contributed by atoms with Gasteiger partial charge in [0.1, 0.15) is 11.3 Å². The normalized spacial score (nSPS) is 14.3. The molecule has 1 aliphatic heterocycles. The summed E-state index contributed by atoms with van der Waals surface area (Å²) < 4.78 is 21.9. The Morgan fingerprint density at radius 1 is 1.10 bits per heavy atom. The van der Waals surface area contributed by atoms with E-state index in [1.807, 2.05) is 29.7 Å². The lowest BCUT2D eigenvalue weighted by atomic mass is 10.1. The molecule has 2 aromatic carbocycles. The van der Waals surface area contributed by atoms with Crippen molar-refractivity contribution in [1.29, 1.82) is 0 Å². The number of hydrogen-bond acceptors (Lipinski definition) is 7. The average molecular weight is 551 g/mol. The monoisotopic (exact) mass is 550 g/mol. The van der Waals surface area contributed by atoms with Gasteiger partial charge in [-0.1, -0.05) is 41.6 Å². The van der Waals surface area contributed by atoms with Crippen LogP contribution in [0.15, 0.2) is 47.6 Å². The van der Waals surface area contributed by atoms with Gasteiger partial charge in [0.05, 0.1) is 25.3 Å². The van der Waals surface area contributed by atoms with Crippen LogP contribution >= 0.6 is 11.8 Å². The summed E-state index contributed by atoms with van der Waals surface area (Å²) in [5, 5.41) is 13.5. The second-order valence-corrected chi connectivity index (χ2v) is 11.0. The maximum absolute atomic E-state index is 14.5. The standard InChI is InChI=1S/C29H35FN6O2S/c1-21-10-11-25-23(19-21)27-28(36(25)20-22-7-2-3-8-24(22)30)32-29(34-33-27)39-18-5-4-9-26(37)31-12-6-13-35-14-16-38-17-15-35/h2-3,7-8,10-11,19H,4-6,9,12-18,20H2,1H3,(H,31,37). The molecule has 0 aliphatic carbocycles. The predicted molar refractivity (Wildman–Crippen MR) is 153 cm³/mol. The third-order valence-corrected chi connectivity index (χ3v) is 7.92. The molecule has 3 heterocycles. The van der Waals surface area contributed by atoms with Gasteiger partial charge in [0.2, 0.25) is 11.1 Å². The molecule has 4 aromatic rings. The van der Waals surface area contributed by atoms with Gasteiger partial charge in [-0.05, 0) is 50.9 Å². The summed E-state index contributed by atoms with van der Waals surface area (Å²) in [6.07, 6.45) is 3.17. The van der Waals surface area contributed by atoms with E-state index < -0.39 is 0 Å². The van der Waals surface area contributed by atoms with Crippen LogP contribution in [0, 0.1) is 12.7 Å². The van der Waals surface area contributed by atoms with E-state index >= 15 is 0 Å². The van der Waals surface area contributed by atoms with Crippen LogP contribution < -0.4 is 5.32 Å². The zero-order chi connectivity index (χ0) is 27.0. The highest BCUT2D eigenvalue weighted by Gasteiger charge is 2.17. The van der Waals surface area contributed by atoms with Gasteiger partial charge in [-0.2, -0.15) is 0 Å². The van der Waals surface area contributed by atoms with Crippen LogP contribution in [0.2, 0.25) is 0 Å². The summed E-state index contributed by atoms with van der Waals surface area (Å²) in [7, 11) is 0. The molecule has 1 N–H and O–H groups in total. The number of amides is 1. The van der Waals surface area contributed by atoms with Crippen LogP contribution in [0.5, 0.6) is 0 Å². The zero-order valence-electron chi connectivity index (χ0n) is 22.4. The maximum Gasteiger partial charge on any atom is 0.219 e. The number of carbonyl (C=O) groups excluding carboxylic acids is 1. The van der Waals surface area contributed by atoms with Gasteiger partial charge in [-0.3, -0.25) is 9.69 Å². The minimum atomic E-state index is -0.239. The van der Waals surface area contributed by atoms with E-state index in [1.54, 1.807) is 12.1 Å². The number of aryl methyl sites for hydroxylation is 1. The Hall–Kier alpha value is -3.08. The Morgan fingerprint density at radius 3 is 2.79 bits per heavy atom. The first kappa shape index (κ1) is 27.5. The fourth-order valence-corrected chi connectivity index (χ4v) is 5.65. The van der Waals surface area contributed by atoms with Crippen molar-refractivity contribution in [2.45, 2.75) is 44.3 Å². The SMILES string of the molecule is Cc1ccc2c(c1)c1nnc(SCCCCC(=O)NCCCN3CCOCC3)nc1n2Cc1ccccc1F. The van der Waals surface area contributed by atoms with Crippen LogP contribution in [-0.4, -0.2) is 75.7 Å². The van der Waals surface area contributed by atoms with Gasteiger partial charge in [0.15, 0.2) is 5.65 Å². The lowest BCUT2D eigenvalue weighted by molar-refractivity contribution is -0.121. The Balaban J connectivity index is 1.14. The van der Waals surface area contributed by atoms with E-state index in [2.05, 4.69) is 26.5 Å². The molecular formula is C29H35FN6O2S. The molecular weight excluding hydrogens is 515 g/mol. The number of unbranched alkanes of at least 4 members (excludes halogenated alkanes) is 1. The fourth-order valence-electron chi connectivity index (χ4n) is 4.87. The maximum atomic E-state index is 14.5. The van der Waals surface area contributed by atoms with E-state index in [0.29, 0.717) is 35.9 Å². The highest BCUT2D eigenvalue weighted by atomic mass is 32.2. The summed E-state index contributed by atoms with van der Waals surface area (Å²) in [6, 6.07) is 13.0. The summed E-state index contributed by atoms with van der Waals surface area (Å²) in [6.45, 7) is 7.67. The highest BCUT2D eigenvalue weighted by molar-refractivity contribution is 7.99. The lowest BCUT2D eigenvalue weighted by Gasteiger charge is -2.26. The van der Waals surface area contributed by atoms with Gasteiger partial charge in [-0.25, -0.2) is 9.37 Å². The summed E-state index contributed by atoms with van der Waals surface area (Å²) in [5.74, 6) is 0.663. The molecule has 0 spiro atoms. The van der Waals surface area contributed by atoms with Crippen molar-refractivity contribution in [3.8, 4) is 0 Å². The first-order valence-electron chi connectivity index (χ1n) is 13.6. The second kappa shape index (κ2) is 13.3. The number of nitrogens with zero attached hydrogens (tertiary/aromatic N) is 5. The van der Waals surface area contributed by atoms with Crippen molar-refractivity contribution in [1.82, 2.24) is 30.0 Å². The third-order valence-electron chi connectivity index (χ3n) is 7.00. The van der Waals surface area contributed by atoms with Gasteiger partial charge >= 0.3 is 0 Å². The number of halogens is 1. The molecule has 0 unspecified atom stereocenters. The highest BCUT2D eigenvalue weighted by Crippen LogP contribution is 2.29. The zero-order valence-corrected chi connectivity index (χ0v) is 23.2. The van der Waals surface area contributed by atoms with Gasteiger partial charge in [0, 0.05) is 42.8 Å². The van der Waals surface area contributed by atoms with Crippen LogP contribution in [-0.2, 0) is 16.1 Å². The number of morpholine rings is 1. The molecule has 5 rings (SSSR count). The minimum absolute atomic E-state index is 0.106. The van der Waals surface area contributed by atoms with Crippen LogP contribution in [0.3, 0.4) is 0 Å². The number of fused-ring (bicyclic) bond motifs is 3. The van der Waals surface area contributed by atoms with E-state index in [-0.39, 0.29) is 11.7 Å². The Bertz CT molecular complexity index is 1420. The van der Waals surface area contributed by atoms with Gasteiger partial charge < -0.3 is 14.6 Å². The number of benzene rings is 2. The molecule has 1 fully saturated rings. The smallest absolute Gasteiger partial charge is 0.219 e. The van der Waals surface area contributed by atoms with Gasteiger partial charge in [-0.15, -0.1) is 10.2 Å². The van der Waals surface area contributed by atoms with E-state index in [4.69, 9.17) is 9.72 Å². The molecule has 2 aromatic heterocycles. The number of thioether (sulfide) groups is 1. The molecule has 0 saturated carbocycles. The lowest BCUT2D eigenvalue weighted by Crippen LogP contribution is -2.38. The topological polar surface area (TPSA) is 85.2 Å². The molecule has 10 heteroatoms. The Labute approximate surface area is 232 Å². The second-order valence-electron chi connectivity index (χ2n) is 9.93. The number of carbonyl (C=O) groups is 1. The first-order valence-corrected chi connectivity index (χ1v) is 14.6. The van der Waals surface area contributed by atoms with Crippen LogP contribution in [0.1, 0.15) is 36.8 Å². The summed E-state index contributed by atoms with van der Waals surface area (Å²) in [5.41, 5.74) is 4.10. The number of nitrogens with one attached hydrogen (secondary N) is 1. The number of aromatic nitrogens is 4. The third kappa shape index (κ3) is 7.12. The molecule has 8 nitrogen and oxygen atoms in total. The largest absolute Gasteiger partial charge is 0.379 e.